The van der Waals surface area contributed by atoms with E-state index in [0.29, 0.717) is 25.9 Å². The van der Waals surface area contributed by atoms with Crippen LogP contribution in [0.5, 0.6) is 0 Å². The van der Waals surface area contributed by atoms with Crippen LogP contribution in [-0.2, 0) is 16.4 Å². The topological polar surface area (TPSA) is 96.8 Å². The fourth-order valence-corrected chi connectivity index (χ4v) is 3.95. The lowest BCUT2D eigenvalue weighted by Gasteiger charge is -2.36. The van der Waals surface area contributed by atoms with Gasteiger partial charge in [-0.15, -0.1) is 0 Å². The lowest BCUT2D eigenvalue weighted by atomic mass is 10.1. The minimum atomic E-state index is -4.61. The predicted octanol–water partition coefficient (Wildman–Crippen LogP) is 1.51. The number of piperidine rings is 1. The molecule has 8 nitrogen and oxygen atoms in total. The van der Waals surface area contributed by atoms with Crippen LogP contribution < -0.4 is 10.0 Å². The number of hydrogen-bond acceptors (Lipinski definition) is 5. The summed E-state index contributed by atoms with van der Waals surface area (Å²) >= 11 is 5.88. The van der Waals surface area contributed by atoms with Crippen LogP contribution in [-0.4, -0.2) is 53.5 Å². The number of alkyl halides is 3. The van der Waals surface area contributed by atoms with Crippen molar-refractivity contribution in [2.45, 2.75) is 25.1 Å². The van der Waals surface area contributed by atoms with E-state index in [-0.39, 0.29) is 22.5 Å². The number of anilines is 1. The Morgan fingerprint density at radius 1 is 1.35 bits per heavy atom. The average Bonchev–Trinajstić information content (AvgIpc) is 2.91. The summed E-state index contributed by atoms with van der Waals surface area (Å²) in [4.78, 5) is 5.68. The van der Waals surface area contributed by atoms with Crippen LogP contribution in [0.4, 0.5) is 19.0 Å². The first kappa shape index (κ1) is 19.1. The van der Waals surface area contributed by atoms with Crippen molar-refractivity contribution in [2.24, 2.45) is 5.14 Å². The van der Waals surface area contributed by atoms with Gasteiger partial charge in [0.1, 0.15) is 17.0 Å². The monoisotopic (exact) mass is 412 g/mol. The molecule has 26 heavy (non-hydrogen) atoms. The fourth-order valence-electron chi connectivity index (χ4n) is 3.09. The summed E-state index contributed by atoms with van der Waals surface area (Å²) < 4.78 is 65.0. The highest BCUT2D eigenvalue weighted by molar-refractivity contribution is 7.86. The average molecular weight is 413 g/mol. The molecule has 0 amide bonds. The van der Waals surface area contributed by atoms with Gasteiger partial charge in [0, 0.05) is 26.2 Å². The molecule has 3 rings (SSSR count). The number of nitrogens with two attached hydrogens (primary N) is 1. The summed E-state index contributed by atoms with van der Waals surface area (Å²) in [6.07, 6.45) is -2.67. The zero-order valence-electron chi connectivity index (χ0n) is 13.6. The Kier molecular flexibility index (Phi) is 4.80. The molecule has 0 bridgehead atoms. The minimum Gasteiger partial charge on any atom is -0.355 e. The Labute approximate surface area is 152 Å². The normalized spacial score (nSPS) is 17.4. The van der Waals surface area contributed by atoms with E-state index in [1.807, 2.05) is 0 Å². The first-order chi connectivity index (χ1) is 12.0. The molecule has 0 unspecified atom stereocenters. The Morgan fingerprint density at radius 3 is 2.50 bits per heavy atom. The fraction of sp³-hybridized carbons (Fsp3) is 0.538. The zero-order chi connectivity index (χ0) is 19.3. The third-order valence-electron chi connectivity index (χ3n) is 4.48. The molecule has 1 saturated heterocycles. The molecule has 13 heteroatoms. The first-order valence-electron chi connectivity index (χ1n) is 7.60. The van der Waals surface area contributed by atoms with Gasteiger partial charge in [-0.05, 0) is 18.9 Å². The van der Waals surface area contributed by atoms with E-state index < -0.39 is 21.9 Å². The lowest BCUT2D eigenvalue weighted by Crippen LogP contribution is -2.47. The van der Waals surface area contributed by atoms with E-state index >= 15 is 0 Å². The maximum absolute atomic E-state index is 13.3. The maximum Gasteiger partial charge on any atom is 0.418 e. The second kappa shape index (κ2) is 6.51. The molecule has 2 N–H and O–H groups in total. The van der Waals surface area contributed by atoms with Crippen LogP contribution in [0.15, 0.2) is 12.4 Å². The molecule has 0 radical (unpaired) electrons. The van der Waals surface area contributed by atoms with E-state index in [1.165, 1.54) is 7.05 Å². The Morgan fingerprint density at radius 2 is 1.96 bits per heavy atom. The molecule has 1 aliphatic rings. The lowest BCUT2D eigenvalue weighted by molar-refractivity contribution is -0.136. The summed E-state index contributed by atoms with van der Waals surface area (Å²) in [7, 11) is -2.44. The Bertz CT molecular complexity index is 924. The van der Waals surface area contributed by atoms with Crippen LogP contribution in [0, 0.1) is 0 Å². The number of rotatable bonds is 3. The predicted molar refractivity (Wildman–Crippen MR) is 89.1 cm³/mol. The van der Waals surface area contributed by atoms with Crippen LogP contribution in [0.1, 0.15) is 18.4 Å². The second-order valence-electron chi connectivity index (χ2n) is 6.00. The van der Waals surface area contributed by atoms with E-state index in [0.717, 1.165) is 21.2 Å². The molecule has 0 saturated carbocycles. The number of nitrogens with zero attached hydrogens (tertiary/aromatic N) is 5. The molecule has 3 heterocycles. The van der Waals surface area contributed by atoms with E-state index in [9.17, 15) is 21.6 Å². The number of halogens is 4. The Hall–Kier alpha value is -1.63. The molecular weight excluding hydrogens is 397 g/mol. The van der Waals surface area contributed by atoms with Crippen molar-refractivity contribution in [3.8, 4) is 0 Å². The minimum absolute atomic E-state index is 0.107. The van der Waals surface area contributed by atoms with Crippen LogP contribution in [0.3, 0.4) is 0 Å². The molecule has 0 aliphatic carbocycles. The Balaban J connectivity index is 1.93. The van der Waals surface area contributed by atoms with Crippen molar-refractivity contribution in [2.75, 3.05) is 25.0 Å². The van der Waals surface area contributed by atoms with Crippen LogP contribution >= 0.6 is 11.6 Å². The van der Waals surface area contributed by atoms with Crippen molar-refractivity contribution in [3.05, 3.63) is 23.1 Å². The molecule has 1 fully saturated rings. The first-order valence-corrected chi connectivity index (χ1v) is 9.48. The van der Waals surface area contributed by atoms with Gasteiger partial charge in [0.05, 0.1) is 5.56 Å². The van der Waals surface area contributed by atoms with Crippen molar-refractivity contribution < 1.29 is 21.6 Å². The standard InChI is InChI=1S/C13H16ClF3N6O2S/c1-21(26(18,24)25)8-2-4-22(5-3-8)12-11-9(13(15,16)17)6-10(14)23(11)20-7-19-12/h6-8H,2-5H2,1H3,(H2,18,24,25). The van der Waals surface area contributed by atoms with Gasteiger partial charge < -0.3 is 4.90 Å². The van der Waals surface area contributed by atoms with Gasteiger partial charge in [0.25, 0.3) is 10.2 Å². The smallest absolute Gasteiger partial charge is 0.355 e. The van der Waals surface area contributed by atoms with E-state index in [1.54, 1.807) is 4.90 Å². The molecule has 1 aliphatic heterocycles. The number of fused-ring (bicyclic) bond motifs is 1. The van der Waals surface area contributed by atoms with Gasteiger partial charge in [-0.3, -0.25) is 0 Å². The zero-order valence-corrected chi connectivity index (χ0v) is 15.2. The van der Waals surface area contributed by atoms with E-state index in [4.69, 9.17) is 16.7 Å². The van der Waals surface area contributed by atoms with Crippen molar-refractivity contribution in [1.82, 2.24) is 18.9 Å². The quantitative estimate of drug-likeness (QED) is 0.824. The van der Waals surface area contributed by atoms with E-state index in [2.05, 4.69) is 10.1 Å². The summed E-state index contributed by atoms with van der Waals surface area (Å²) in [5.74, 6) is 0.107. The number of hydrogen-bond donors (Lipinski definition) is 1. The van der Waals surface area contributed by atoms with Crippen LogP contribution in [0.25, 0.3) is 5.52 Å². The summed E-state index contributed by atoms with van der Waals surface area (Å²) in [5.41, 5.74) is -1.13. The third-order valence-corrected chi connectivity index (χ3v) is 5.85. The van der Waals surface area contributed by atoms with Gasteiger partial charge in [-0.2, -0.15) is 31.0 Å². The third kappa shape index (κ3) is 3.46. The van der Waals surface area contributed by atoms with Crippen molar-refractivity contribution in [3.63, 3.8) is 0 Å². The van der Waals surface area contributed by atoms with Gasteiger partial charge in [-0.1, -0.05) is 11.6 Å². The largest absolute Gasteiger partial charge is 0.418 e. The summed E-state index contributed by atoms with van der Waals surface area (Å²) in [5, 5.41) is 8.74. The summed E-state index contributed by atoms with van der Waals surface area (Å²) in [6.45, 7) is 0.634. The second-order valence-corrected chi connectivity index (χ2v) is 8.00. The van der Waals surface area contributed by atoms with Gasteiger partial charge in [-0.25, -0.2) is 14.6 Å². The van der Waals surface area contributed by atoms with Gasteiger partial charge in [0.15, 0.2) is 5.82 Å². The van der Waals surface area contributed by atoms with Gasteiger partial charge >= 0.3 is 6.18 Å². The van der Waals surface area contributed by atoms with Crippen molar-refractivity contribution >= 4 is 33.1 Å². The molecule has 0 atom stereocenters. The van der Waals surface area contributed by atoms with Gasteiger partial charge in [0.2, 0.25) is 0 Å². The molecule has 144 valence electrons. The molecular formula is C13H16ClF3N6O2S. The highest BCUT2D eigenvalue weighted by Crippen LogP contribution is 2.39. The number of aromatic nitrogens is 3. The molecule has 0 aromatic carbocycles. The maximum atomic E-state index is 13.3. The highest BCUT2D eigenvalue weighted by Gasteiger charge is 2.38. The molecule has 2 aromatic heterocycles. The molecule has 2 aromatic rings. The molecule has 0 spiro atoms. The summed E-state index contributed by atoms with van der Waals surface area (Å²) in [6, 6.07) is 0.493. The van der Waals surface area contributed by atoms with Crippen molar-refractivity contribution in [1.29, 1.82) is 0 Å². The van der Waals surface area contributed by atoms with Crippen LogP contribution in [0.2, 0.25) is 5.15 Å². The SMILES string of the molecule is CN(C1CCN(c2ncnn3c(Cl)cc(C(F)(F)F)c23)CC1)S(N)(=O)=O. The highest BCUT2D eigenvalue weighted by atomic mass is 35.5.